The monoisotopic (exact) mass is 185 g/mol. The minimum Gasteiger partial charge on any atom is -0.304 e. The Balaban J connectivity index is 4.33. The maximum atomic E-state index is 3.94. The molecule has 0 saturated carbocycles. The fourth-order valence-corrected chi connectivity index (χ4v) is 3.06. The van der Waals surface area contributed by atoms with Gasteiger partial charge < -0.3 is 4.90 Å². The minimum atomic E-state index is -1.20. The summed E-state index contributed by atoms with van der Waals surface area (Å²) in [5, 5.41) is 0. The highest BCUT2D eigenvalue weighted by Gasteiger charge is 2.27. The van der Waals surface area contributed by atoms with Crippen molar-refractivity contribution >= 4 is 8.07 Å². The lowest BCUT2D eigenvalue weighted by molar-refractivity contribution is 0.284. The van der Waals surface area contributed by atoms with Crippen LogP contribution in [0.5, 0.6) is 0 Å². The van der Waals surface area contributed by atoms with Gasteiger partial charge in [0.05, 0.1) is 8.07 Å². The van der Waals surface area contributed by atoms with Crippen molar-refractivity contribution in [2.75, 3.05) is 13.1 Å². The van der Waals surface area contributed by atoms with Gasteiger partial charge in [-0.2, -0.15) is 0 Å². The van der Waals surface area contributed by atoms with Crippen molar-refractivity contribution in [1.82, 2.24) is 4.90 Å². The predicted octanol–water partition coefficient (Wildman–Crippen LogP) is 2.69. The summed E-state index contributed by atoms with van der Waals surface area (Å²) in [4.78, 5) is 2.52. The highest BCUT2D eigenvalue weighted by molar-refractivity contribution is 6.83. The Kier molecular flexibility index (Phi) is 4.79. The lowest BCUT2D eigenvalue weighted by Gasteiger charge is -2.35. The van der Waals surface area contributed by atoms with Gasteiger partial charge in [-0.3, -0.25) is 0 Å². The smallest absolute Gasteiger partial charge is 0.0890 e. The highest BCUT2D eigenvalue weighted by Crippen LogP contribution is 2.14. The molecule has 0 aromatic rings. The van der Waals surface area contributed by atoms with E-state index in [0.29, 0.717) is 5.67 Å². The molecule has 0 aromatic carbocycles. The van der Waals surface area contributed by atoms with E-state index in [9.17, 15) is 0 Å². The van der Waals surface area contributed by atoms with Crippen LogP contribution >= 0.6 is 0 Å². The molecule has 1 nitrogen and oxygen atoms in total. The van der Waals surface area contributed by atoms with Gasteiger partial charge >= 0.3 is 0 Å². The molecule has 0 aliphatic heterocycles. The Morgan fingerprint density at radius 1 is 1.33 bits per heavy atom. The summed E-state index contributed by atoms with van der Waals surface area (Å²) in [7, 11) is -1.20. The Bertz CT molecular complexity index is 139. The van der Waals surface area contributed by atoms with Crippen LogP contribution in [0.15, 0.2) is 12.3 Å². The van der Waals surface area contributed by atoms with E-state index in [1.165, 1.54) is 0 Å². The van der Waals surface area contributed by atoms with Gasteiger partial charge in [0.15, 0.2) is 0 Å². The van der Waals surface area contributed by atoms with Crippen molar-refractivity contribution in [2.45, 2.75) is 39.5 Å². The first-order chi connectivity index (χ1) is 5.49. The van der Waals surface area contributed by atoms with Crippen LogP contribution in [0.2, 0.25) is 13.1 Å². The normalized spacial score (nSPS) is 14.8. The van der Waals surface area contributed by atoms with Crippen molar-refractivity contribution in [3.05, 3.63) is 12.3 Å². The van der Waals surface area contributed by atoms with Crippen molar-refractivity contribution in [3.8, 4) is 0 Å². The van der Waals surface area contributed by atoms with Gasteiger partial charge in [0.25, 0.3) is 0 Å². The van der Waals surface area contributed by atoms with E-state index in [-0.39, 0.29) is 0 Å². The van der Waals surface area contributed by atoms with Crippen molar-refractivity contribution in [2.24, 2.45) is 0 Å². The molecule has 0 aliphatic carbocycles. The third kappa shape index (κ3) is 2.76. The second-order valence-corrected chi connectivity index (χ2v) is 8.81. The molecule has 12 heavy (non-hydrogen) atoms. The molecule has 0 saturated heterocycles. The number of nitrogens with zero attached hydrogens (tertiary/aromatic N) is 1. The lowest BCUT2D eigenvalue weighted by Crippen LogP contribution is -2.49. The molecule has 0 heterocycles. The molecule has 0 spiro atoms. The second kappa shape index (κ2) is 4.82. The van der Waals surface area contributed by atoms with Crippen LogP contribution in [0.1, 0.15) is 20.8 Å². The lowest BCUT2D eigenvalue weighted by atomic mass is 10.5. The summed E-state index contributed by atoms with van der Waals surface area (Å²) >= 11 is 0. The predicted molar refractivity (Wildman–Crippen MR) is 60.1 cm³/mol. The first-order valence-corrected chi connectivity index (χ1v) is 8.02. The van der Waals surface area contributed by atoms with Crippen LogP contribution in [0, 0.1) is 0 Å². The standard InChI is InChI=1S/C10H23NSi/c1-7-11(8-2)10(4)12(5,6)9-3/h9-10H,3,7-8H2,1-2,4-6H3. The third-order valence-corrected chi connectivity index (χ3v) is 6.53. The van der Waals surface area contributed by atoms with Gasteiger partial charge in [-0.1, -0.05) is 33.9 Å². The fraction of sp³-hybridized carbons (Fsp3) is 0.800. The molecule has 0 aromatic heterocycles. The van der Waals surface area contributed by atoms with Crippen LogP contribution in [0.4, 0.5) is 0 Å². The van der Waals surface area contributed by atoms with E-state index in [1.54, 1.807) is 0 Å². The van der Waals surface area contributed by atoms with Crippen molar-refractivity contribution < 1.29 is 0 Å². The summed E-state index contributed by atoms with van der Waals surface area (Å²) in [6, 6.07) is 0. The molecule has 72 valence electrons. The van der Waals surface area contributed by atoms with E-state index in [4.69, 9.17) is 0 Å². The summed E-state index contributed by atoms with van der Waals surface area (Å²) in [6.07, 6.45) is 0. The van der Waals surface area contributed by atoms with Gasteiger partial charge in [-0.25, -0.2) is 0 Å². The van der Waals surface area contributed by atoms with E-state index >= 15 is 0 Å². The Labute approximate surface area is 78.5 Å². The number of rotatable bonds is 5. The van der Waals surface area contributed by atoms with Gasteiger partial charge in [0.1, 0.15) is 0 Å². The summed E-state index contributed by atoms with van der Waals surface area (Å²) in [5.74, 6) is 0. The highest BCUT2D eigenvalue weighted by atomic mass is 28.3. The van der Waals surface area contributed by atoms with Crippen LogP contribution in [-0.4, -0.2) is 31.7 Å². The van der Waals surface area contributed by atoms with Gasteiger partial charge in [0, 0.05) is 5.67 Å². The molecular weight excluding hydrogens is 162 g/mol. The first-order valence-electron chi connectivity index (χ1n) is 4.87. The van der Waals surface area contributed by atoms with E-state index < -0.39 is 8.07 Å². The zero-order valence-corrected chi connectivity index (χ0v) is 10.2. The van der Waals surface area contributed by atoms with Gasteiger partial charge in [-0.15, -0.1) is 12.3 Å². The zero-order chi connectivity index (χ0) is 9.78. The second-order valence-electron chi connectivity index (χ2n) is 3.92. The molecule has 1 unspecified atom stereocenters. The summed E-state index contributed by atoms with van der Waals surface area (Å²) < 4.78 is 0. The fourth-order valence-electron chi connectivity index (χ4n) is 1.41. The molecule has 0 fully saturated rings. The molecule has 0 N–H and O–H groups in total. The van der Waals surface area contributed by atoms with Gasteiger partial charge in [0.2, 0.25) is 0 Å². The molecule has 0 radical (unpaired) electrons. The summed E-state index contributed by atoms with van der Waals surface area (Å²) in [6.45, 7) is 17.8. The average molecular weight is 185 g/mol. The van der Waals surface area contributed by atoms with E-state index in [0.717, 1.165) is 13.1 Å². The quantitative estimate of drug-likeness (QED) is 0.595. The zero-order valence-electron chi connectivity index (χ0n) is 9.22. The SMILES string of the molecule is C=C[Si](C)(C)C(C)N(CC)CC. The molecule has 0 rings (SSSR count). The Morgan fingerprint density at radius 3 is 2.00 bits per heavy atom. The molecule has 0 amide bonds. The summed E-state index contributed by atoms with van der Waals surface area (Å²) in [5.41, 5.74) is 2.90. The number of hydrogen-bond acceptors (Lipinski definition) is 1. The molecule has 2 heteroatoms. The molecule has 1 atom stereocenters. The maximum Gasteiger partial charge on any atom is 0.0890 e. The Hall–Kier alpha value is -0.0831. The first kappa shape index (κ1) is 11.9. The third-order valence-electron chi connectivity index (χ3n) is 2.96. The topological polar surface area (TPSA) is 3.24 Å². The van der Waals surface area contributed by atoms with Crippen LogP contribution < -0.4 is 0 Å². The van der Waals surface area contributed by atoms with Crippen molar-refractivity contribution in [3.63, 3.8) is 0 Å². The Morgan fingerprint density at radius 2 is 1.75 bits per heavy atom. The molecule has 0 aliphatic rings. The van der Waals surface area contributed by atoms with Gasteiger partial charge in [-0.05, 0) is 13.1 Å². The van der Waals surface area contributed by atoms with E-state index in [1.807, 2.05) is 0 Å². The van der Waals surface area contributed by atoms with Crippen molar-refractivity contribution in [1.29, 1.82) is 0 Å². The number of hydrogen-bond donors (Lipinski definition) is 0. The van der Waals surface area contributed by atoms with Crippen LogP contribution in [0.3, 0.4) is 0 Å². The average Bonchev–Trinajstić information content (AvgIpc) is 2.06. The maximum absolute atomic E-state index is 3.94. The molecular formula is C10H23NSi. The van der Waals surface area contributed by atoms with Crippen LogP contribution in [-0.2, 0) is 0 Å². The van der Waals surface area contributed by atoms with E-state index in [2.05, 4.69) is 51.0 Å². The van der Waals surface area contributed by atoms with Crippen LogP contribution in [0.25, 0.3) is 0 Å². The largest absolute Gasteiger partial charge is 0.304 e. The molecule has 0 bridgehead atoms. The minimum absolute atomic E-state index is 0.713.